The molecular weight excluding hydrogens is 160 g/mol. The normalized spacial score (nSPS) is 32.8. The van der Waals surface area contributed by atoms with E-state index >= 15 is 0 Å². The molecule has 1 nitrogen and oxygen atoms in total. The Morgan fingerprint density at radius 1 is 1.54 bits per heavy atom. The van der Waals surface area contributed by atoms with Crippen LogP contribution in [0.2, 0.25) is 0 Å². The summed E-state index contributed by atoms with van der Waals surface area (Å²) >= 11 is 0. The van der Waals surface area contributed by atoms with Crippen molar-refractivity contribution in [2.24, 2.45) is 17.3 Å². The van der Waals surface area contributed by atoms with Crippen LogP contribution in [0, 0.1) is 17.3 Å². The molecule has 0 radical (unpaired) electrons. The van der Waals surface area contributed by atoms with Crippen molar-refractivity contribution in [1.82, 2.24) is 0 Å². The molecule has 13 heavy (non-hydrogen) atoms. The van der Waals surface area contributed by atoms with E-state index < -0.39 is 0 Å². The van der Waals surface area contributed by atoms with Gasteiger partial charge in [-0.2, -0.15) is 0 Å². The monoisotopic (exact) mass is 182 g/mol. The van der Waals surface area contributed by atoms with Crippen molar-refractivity contribution in [1.29, 1.82) is 0 Å². The molecule has 0 amide bonds. The lowest BCUT2D eigenvalue weighted by Gasteiger charge is -2.53. The Labute approximate surface area is 81.9 Å². The SMILES string of the molecule is C/C=C(\C)[C@H]1C[C@@H](CCO)C1(C)C. The predicted octanol–water partition coefficient (Wildman–Crippen LogP) is 3.00. The Kier molecular flexibility index (Phi) is 3.18. The molecule has 1 aliphatic carbocycles. The van der Waals surface area contributed by atoms with Gasteiger partial charge in [0.1, 0.15) is 0 Å². The topological polar surface area (TPSA) is 20.2 Å². The van der Waals surface area contributed by atoms with E-state index in [9.17, 15) is 0 Å². The number of rotatable bonds is 3. The van der Waals surface area contributed by atoms with E-state index in [-0.39, 0.29) is 0 Å². The molecule has 1 aliphatic rings. The zero-order chi connectivity index (χ0) is 10.1. The molecule has 1 N–H and O–H groups in total. The van der Waals surface area contributed by atoms with Crippen molar-refractivity contribution >= 4 is 0 Å². The van der Waals surface area contributed by atoms with Gasteiger partial charge in [-0.05, 0) is 43.9 Å². The minimum absolute atomic E-state index is 0.343. The highest BCUT2D eigenvalue weighted by molar-refractivity contribution is 5.14. The van der Waals surface area contributed by atoms with Crippen molar-refractivity contribution in [2.75, 3.05) is 6.61 Å². The number of allylic oxidation sites excluding steroid dienone is 2. The Morgan fingerprint density at radius 2 is 2.15 bits per heavy atom. The molecule has 1 heteroatoms. The summed E-state index contributed by atoms with van der Waals surface area (Å²) in [6.45, 7) is 9.34. The van der Waals surface area contributed by atoms with Gasteiger partial charge in [0.15, 0.2) is 0 Å². The molecule has 2 atom stereocenters. The highest BCUT2D eigenvalue weighted by Gasteiger charge is 2.47. The van der Waals surface area contributed by atoms with E-state index in [1.807, 2.05) is 0 Å². The zero-order valence-electron chi connectivity index (χ0n) is 9.30. The van der Waals surface area contributed by atoms with Gasteiger partial charge in [0.25, 0.3) is 0 Å². The summed E-state index contributed by atoms with van der Waals surface area (Å²) in [5.74, 6) is 1.46. The minimum atomic E-state index is 0.343. The molecule has 0 aliphatic heterocycles. The van der Waals surface area contributed by atoms with Gasteiger partial charge in [0, 0.05) is 6.61 Å². The number of hydrogen-bond donors (Lipinski definition) is 1. The Morgan fingerprint density at radius 3 is 2.54 bits per heavy atom. The maximum Gasteiger partial charge on any atom is 0.0433 e. The molecule has 0 aromatic rings. The highest BCUT2D eigenvalue weighted by Crippen LogP contribution is 2.55. The third kappa shape index (κ3) is 1.80. The predicted molar refractivity (Wildman–Crippen MR) is 56.5 cm³/mol. The van der Waals surface area contributed by atoms with E-state index in [2.05, 4.69) is 33.8 Å². The molecule has 0 aromatic heterocycles. The van der Waals surface area contributed by atoms with E-state index in [4.69, 9.17) is 5.11 Å². The van der Waals surface area contributed by atoms with Crippen LogP contribution in [-0.4, -0.2) is 11.7 Å². The largest absolute Gasteiger partial charge is 0.396 e. The van der Waals surface area contributed by atoms with Crippen LogP contribution in [0.25, 0.3) is 0 Å². The van der Waals surface area contributed by atoms with Gasteiger partial charge >= 0.3 is 0 Å². The van der Waals surface area contributed by atoms with Crippen molar-refractivity contribution in [3.05, 3.63) is 11.6 Å². The lowest BCUT2D eigenvalue weighted by molar-refractivity contribution is -0.0113. The quantitative estimate of drug-likeness (QED) is 0.665. The summed E-state index contributed by atoms with van der Waals surface area (Å²) < 4.78 is 0. The van der Waals surface area contributed by atoms with Gasteiger partial charge in [-0.25, -0.2) is 0 Å². The van der Waals surface area contributed by atoms with Gasteiger partial charge in [-0.1, -0.05) is 25.5 Å². The summed E-state index contributed by atoms with van der Waals surface area (Å²) in [4.78, 5) is 0. The molecule has 0 saturated heterocycles. The van der Waals surface area contributed by atoms with E-state index in [0.717, 1.165) is 18.3 Å². The van der Waals surface area contributed by atoms with Crippen molar-refractivity contribution < 1.29 is 5.11 Å². The fourth-order valence-corrected chi connectivity index (χ4v) is 2.64. The summed E-state index contributed by atoms with van der Waals surface area (Å²) in [6.07, 6.45) is 4.46. The van der Waals surface area contributed by atoms with Crippen molar-refractivity contribution in [3.63, 3.8) is 0 Å². The molecule has 0 unspecified atom stereocenters. The maximum atomic E-state index is 8.90. The molecule has 0 bridgehead atoms. The van der Waals surface area contributed by atoms with Gasteiger partial charge in [-0.15, -0.1) is 0 Å². The van der Waals surface area contributed by atoms with Gasteiger partial charge in [0.05, 0.1) is 0 Å². The molecule has 0 aromatic carbocycles. The number of hydrogen-bond acceptors (Lipinski definition) is 1. The first-order valence-corrected chi connectivity index (χ1v) is 5.27. The van der Waals surface area contributed by atoms with Gasteiger partial charge < -0.3 is 5.11 Å². The molecule has 0 spiro atoms. The van der Waals surface area contributed by atoms with Crippen LogP contribution < -0.4 is 0 Å². The van der Waals surface area contributed by atoms with Gasteiger partial charge in [-0.3, -0.25) is 0 Å². The van der Waals surface area contributed by atoms with Crippen LogP contribution in [0.5, 0.6) is 0 Å². The first kappa shape index (κ1) is 10.8. The first-order valence-electron chi connectivity index (χ1n) is 5.27. The Balaban J connectivity index is 2.58. The zero-order valence-corrected chi connectivity index (χ0v) is 9.30. The lowest BCUT2D eigenvalue weighted by Crippen LogP contribution is -2.45. The molecule has 1 saturated carbocycles. The number of aliphatic hydroxyl groups is 1. The maximum absolute atomic E-state index is 8.90. The molecule has 0 heterocycles. The second-order valence-corrected chi connectivity index (χ2v) is 4.85. The van der Waals surface area contributed by atoms with E-state index in [0.29, 0.717) is 12.0 Å². The summed E-state index contributed by atoms with van der Waals surface area (Å²) in [5, 5.41) is 8.90. The van der Waals surface area contributed by atoms with Crippen LogP contribution in [0.15, 0.2) is 11.6 Å². The van der Waals surface area contributed by atoms with E-state index in [1.165, 1.54) is 12.0 Å². The minimum Gasteiger partial charge on any atom is -0.396 e. The summed E-state index contributed by atoms with van der Waals surface area (Å²) in [7, 11) is 0. The third-order valence-electron chi connectivity index (χ3n) is 3.95. The van der Waals surface area contributed by atoms with Crippen LogP contribution in [0.4, 0.5) is 0 Å². The Bertz CT molecular complexity index is 203. The first-order chi connectivity index (χ1) is 6.04. The smallest absolute Gasteiger partial charge is 0.0433 e. The second kappa shape index (κ2) is 3.83. The van der Waals surface area contributed by atoms with Crippen LogP contribution in [0.1, 0.15) is 40.5 Å². The molecule has 1 rings (SSSR count). The van der Waals surface area contributed by atoms with E-state index in [1.54, 1.807) is 0 Å². The Hall–Kier alpha value is -0.300. The van der Waals surface area contributed by atoms with Crippen LogP contribution in [0.3, 0.4) is 0 Å². The van der Waals surface area contributed by atoms with Crippen LogP contribution in [-0.2, 0) is 0 Å². The van der Waals surface area contributed by atoms with Crippen molar-refractivity contribution in [2.45, 2.75) is 40.5 Å². The molecular formula is C12H22O. The fraction of sp³-hybridized carbons (Fsp3) is 0.833. The van der Waals surface area contributed by atoms with Crippen LogP contribution >= 0.6 is 0 Å². The highest BCUT2D eigenvalue weighted by atomic mass is 16.3. The summed E-state index contributed by atoms with van der Waals surface area (Å²) in [6, 6.07) is 0. The van der Waals surface area contributed by atoms with Gasteiger partial charge in [0.2, 0.25) is 0 Å². The number of aliphatic hydroxyl groups excluding tert-OH is 1. The average molecular weight is 182 g/mol. The standard InChI is InChI=1S/C12H22O/c1-5-9(2)11-8-10(6-7-13)12(11,3)4/h5,10-11,13H,6-8H2,1-4H3/b9-5+/t10-,11-/m1/s1. The lowest BCUT2D eigenvalue weighted by atomic mass is 9.52. The average Bonchev–Trinajstić information content (AvgIpc) is 2.10. The third-order valence-corrected chi connectivity index (χ3v) is 3.95. The van der Waals surface area contributed by atoms with Crippen molar-refractivity contribution in [3.8, 4) is 0 Å². The molecule has 76 valence electrons. The summed E-state index contributed by atoms with van der Waals surface area (Å²) in [5.41, 5.74) is 1.92. The fourth-order valence-electron chi connectivity index (χ4n) is 2.64. The second-order valence-electron chi connectivity index (χ2n) is 4.85. The molecule has 1 fully saturated rings.